The summed E-state index contributed by atoms with van der Waals surface area (Å²) in [4.78, 5) is 29.4. The summed E-state index contributed by atoms with van der Waals surface area (Å²) in [5.41, 5.74) is 1.15. The molecule has 0 atom stereocenters. The summed E-state index contributed by atoms with van der Waals surface area (Å²) in [6.45, 7) is 5.27. The summed E-state index contributed by atoms with van der Waals surface area (Å²) in [7, 11) is 0. The number of ketones is 2. The minimum atomic E-state index is -4.39. The maximum absolute atomic E-state index is 12.9. The van der Waals surface area contributed by atoms with Crippen molar-refractivity contribution in [2.24, 2.45) is 0 Å². The molecule has 3 aromatic rings. The molecule has 0 radical (unpaired) electrons. The molecule has 1 heterocycles. The van der Waals surface area contributed by atoms with E-state index in [0.29, 0.717) is 28.3 Å². The van der Waals surface area contributed by atoms with Gasteiger partial charge in [0.15, 0.2) is 11.6 Å². The van der Waals surface area contributed by atoms with Gasteiger partial charge in [0.2, 0.25) is 0 Å². The molecule has 0 aliphatic rings. The fraction of sp³-hybridized carbons (Fsp3) is 0.320. The van der Waals surface area contributed by atoms with Crippen molar-refractivity contribution in [2.45, 2.75) is 45.7 Å². The number of aryl methyl sites for hydroxylation is 1. The highest BCUT2D eigenvalue weighted by Crippen LogP contribution is 2.35. The Morgan fingerprint density at radius 2 is 1.79 bits per heavy atom. The lowest BCUT2D eigenvalue weighted by Gasteiger charge is -2.08. The minimum absolute atomic E-state index is 0.0942. The first-order valence-electron chi connectivity index (χ1n) is 10.6. The van der Waals surface area contributed by atoms with Crippen molar-refractivity contribution in [1.29, 1.82) is 0 Å². The van der Waals surface area contributed by atoms with Gasteiger partial charge in [-0.2, -0.15) is 13.2 Å². The Morgan fingerprint density at radius 3 is 2.35 bits per heavy atom. The molecule has 9 heteroatoms. The normalized spacial score (nSPS) is 11.6. The molecule has 1 aromatic heterocycles. The van der Waals surface area contributed by atoms with E-state index in [-0.39, 0.29) is 35.5 Å². The van der Waals surface area contributed by atoms with Crippen LogP contribution in [0.2, 0.25) is 5.02 Å². The highest BCUT2D eigenvalue weighted by Gasteiger charge is 2.30. The first-order chi connectivity index (χ1) is 16.0. The maximum Gasteiger partial charge on any atom is 0.416 e. The Morgan fingerprint density at radius 1 is 1.12 bits per heavy atom. The Kier molecular flexibility index (Phi) is 8.15. The average Bonchev–Trinajstić information content (AvgIpc) is 3.20. The van der Waals surface area contributed by atoms with Crippen molar-refractivity contribution in [3.63, 3.8) is 0 Å². The van der Waals surface area contributed by atoms with E-state index < -0.39 is 11.7 Å². The van der Waals surface area contributed by atoms with Crippen LogP contribution in [0.4, 0.5) is 13.2 Å². The van der Waals surface area contributed by atoms with Crippen LogP contribution in [0.3, 0.4) is 0 Å². The largest absolute Gasteiger partial charge is 0.484 e. The van der Waals surface area contributed by atoms with Crippen LogP contribution < -0.4 is 4.74 Å². The number of thiazole rings is 1. The van der Waals surface area contributed by atoms with Gasteiger partial charge in [0.25, 0.3) is 0 Å². The lowest BCUT2D eigenvalue weighted by atomic mass is 10.0. The molecular formula is C25H23ClF3NO3S. The van der Waals surface area contributed by atoms with E-state index in [2.05, 4.69) is 4.98 Å². The maximum atomic E-state index is 12.9. The van der Waals surface area contributed by atoms with Gasteiger partial charge >= 0.3 is 6.18 Å². The zero-order valence-corrected chi connectivity index (χ0v) is 20.4. The van der Waals surface area contributed by atoms with Crippen LogP contribution in [0.1, 0.15) is 59.6 Å². The number of aromatic nitrogens is 1. The molecule has 2 aromatic carbocycles. The number of rotatable bonds is 9. The third kappa shape index (κ3) is 6.45. The number of hydrogen-bond acceptors (Lipinski definition) is 5. The first kappa shape index (κ1) is 25.9. The van der Waals surface area contributed by atoms with Gasteiger partial charge in [-0.05, 0) is 49.6 Å². The lowest BCUT2D eigenvalue weighted by Crippen LogP contribution is -2.07. The molecule has 4 nitrogen and oxygen atoms in total. The summed E-state index contributed by atoms with van der Waals surface area (Å²) >= 11 is 7.57. The Balaban J connectivity index is 1.74. The van der Waals surface area contributed by atoms with Crippen molar-refractivity contribution in [1.82, 2.24) is 4.98 Å². The molecule has 0 saturated heterocycles. The molecule has 0 aliphatic heterocycles. The van der Waals surface area contributed by atoms with E-state index in [0.717, 1.165) is 22.7 Å². The highest BCUT2D eigenvalue weighted by atomic mass is 35.5. The first-order valence-corrected chi connectivity index (χ1v) is 11.8. The van der Waals surface area contributed by atoms with Gasteiger partial charge in [-0.25, -0.2) is 4.98 Å². The Bertz CT molecular complexity index is 1190. The predicted octanol–water partition coefficient (Wildman–Crippen LogP) is 7.39. The summed E-state index contributed by atoms with van der Waals surface area (Å²) in [5.74, 6) is 0.174. The summed E-state index contributed by atoms with van der Waals surface area (Å²) in [5, 5.41) is 0.868. The van der Waals surface area contributed by atoms with Gasteiger partial charge in [-0.1, -0.05) is 37.6 Å². The molecule has 34 heavy (non-hydrogen) atoms. The lowest BCUT2D eigenvalue weighted by molar-refractivity contribution is -0.137. The zero-order valence-electron chi connectivity index (χ0n) is 18.8. The van der Waals surface area contributed by atoms with E-state index in [9.17, 15) is 22.8 Å². The summed E-state index contributed by atoms with van der Waals surface area (Å²) in [6.07, 6.45) is -3.72. The summed E-state index contributed by atoms with van der Waals surface area (Å²) in [6, 6.07) is 9.60. The number of hydrogen-bond donors (Lipinski definition) is 0. The average molecular weight is 510 g/mol. The monoisotopic (exact) mass is 509 g/mol. The molecule has 3 rings (SSSR count). The van der Waals surface area contributed by atoms with Crippen molar-refractivity contribution in [3.8, 4) is 16.3 Å². The quantitative estimate of drug-likeness (QED) is 0.282. The Labute approximate surface area is 204 Å². The van der Waals surface area contributed by atoms with Gasteiger partial charge in [0.05, 0.1) is 16.3 Å². The third-order valence-corrected chi connectivity index (χ3v) is 6.47. The molecule has 0 fully saturated rings. The molecule has 0 unspecified atom stereocenters. The van der Waals surface area contributed by atoms with Crippen LogP contribution in [0.15, 0.2) is 42.5 Å². The second-order valence-electron chi connectivity index (χ2n) is 8.12. The molecule has 0 saturated carbocycles. The van der Waals surface area contributed by atoms with Crippen molar-refractivity contribution < 1.29 is 27.5 Å². The van der Waals surface area contributed by atoms with E-state index >= 15 is 0 Å². The number of carbonyl (C=O) groups excluding carboxylic acids is 2. The van der Waals surface area contributed by atoms with Crippen molar-refractivity contribution in [3.05, 3.63) is 69.2 Å². The fourth-order valence-electron chi connectivity index (χ4n) is 3.26. The number of ether oxygens (including phenoxy) is 1. The minimum Gasteiger partial charge on any atom is -0.484 e. The van der Waals surface area contributed by atoms with E-state index in [1.54, 1.807) is 12.1 Å². The molecule has 0 bridgehead atoms. The van der Waals surface area contributed by atoms with Crippen LogP contribution in [-0.2, 0) is 17.4 Å². The Hall–Kier alpha value is -2.71. The number of Topliss-reactive ketones (excluding diaryl/α,β-unsaturated/α-hetero) is 2. The van der Waals surface area contributed by atoms with Gasteiger partial charge in [-0.3, -0.25) is 9.59 Å². The molecule has 0 aliphatic carbocycles. The molecule has 0 N–H and O–H groups in total. The zero-order chi connectivity index (χ0) is 25.0. The fourth-order valence-corrected chi connectivity index (χ4v) is 4.72. The molecule has 180 valence electrons. The van der Waals surface area contributed by atoms with E-state index in [1.807, 2.05) is 13.8 Å². The van der Waals surface area contributed by atoms with E-state index in [4.69, 9.17) is 16.3 Å². The van der Waals surface area contributed by atoms with Gasteiger partial charge in [0.1, 0.15) is 17.4 Å². The number of nitrogens with zero attached hydrogens (tertiary/aromatic N) is 1. The van der Waals surface area contributed by atoms with Crippen molar-refractivity contribution in [2.75, 3.05) is 6.61 Å². The second kappa shape index (κ2) is 10.7. The van der Waals surface area contributed by atoms with Gasteiger partial charge in [0, 0.05) is 22.4 Å². The highest BCUT2D eigenvalue weighted by molar-refractivity contribution is 7.15. The number of carbonyl (C=O) groups is 2. The second-order valence-corrected chi connectivity index (χ2v) is 9.61. The predicted molar refractivity (Wildman–Crippen MR) is 127 cm³/mol. The van der Waals surface area contributed by atoms with Gasteiger partial charge in [-0.15, -0.1) is 11.3 Å². The van der Waals surface area contributed by atoms with Crippen LogP contribution in [0.25, 0.3) is 10.6 Å². The summed E-state index contributed by atoms with van der Waals surface area (Å²) < 4.78 is 43.9. The van der Waals surface area contributed by atoms with Crippen LogP contribution in [0.5, 0.6) is 5.75 Å². The van der Waals surface area contributed by atoms with Gasteiger partial charge < -0.3 is 4.74 Å². The third-order valence-electron chi connectivity index (χ3n) is 5.00. The van der Waals surface area contributed by atoms with E-state index in [1.165, 1.54) is 36.5 Å². The van der Waals surface area contributed by atoms with Crippen molar-refractivity contribution >= 4 is 34.5 Å². The molecule has 0 amide bonds. The SMILES string of the molecule is CC(=O)COc1ccc(C(=O)CCc2sc(-c3ccc(C(F)(F)F)cc3)nc2C(C)C)cc1Cl. The number of alkyl halides is 3. The topological polar surface area (TPSA) is 56.3 Å². The molecular weight excluding hydrogens is 487 g/mol. The number of benzene rings is 2. The number of halogens is 4. The van der Waals surface area contributed by atoms with Crippen LogP contribution in [0, 0.1) is 0 Å². The van der Waals surface area contributed by atoms with Crippen LogP contribution >= 0.6 is 22.9 Å². The molecule has 0 spiro atoms. The van der Waals surface area contributed by atoms with Crippen LogP contribution in [-0.4, -0.2) is 23.2 Å². The smallest absolute Gasteiger partial charge is 0.416 e. The standard InChI is InChI=1S/C25H23ClF3NO3S/c1-14(2)23-22(34-24(30-23)16-4-7-18(8-5-16)25(27,28)29)11-9-20(32)17-6-10-21(19(26)12-17)33-13-15(3)31/h4-8,10,12,14H,9,11,13H2,1-3H3.